The van der Waals surface area contributed by atoms with Gasteiger partial charge in [0, 0.05) is 43.3 Å². The molecular weight excluding hydrogens is 349 g/mol. The molecule has 1 fully saturated rings. The van der Waals surface area contributed by atoms with E-state index in [1.807, 2.05) is 23.7 Å². The van der Waals surface area contributed by atoms with E-state index in [2.05, 4.69) is 31.9 Å². The molecular formula is C19H20FN5S. The van der Waals surface area contributed by atoms with Crippen LogP contribution < -0.4 is 4.90 Å². The van der Waals surface area contributed by atoms with Gasteiger partial charge in [0.15, 0.2) is 5.82 Å². The molecule has 4 rings (SSSR count). The van der Waals surface area contributed by atoms with Crippen molar-refractivity contribution in [2.45, 2.75) is 13.0 Å². The van der Waals surface area contributed by atoms with Gasteiger partial charge in [-0.1, -0.05) is 0 Å². The molecule has 0 amide bonds. The highest BCUT2D eigenvalue weighted by Crippen LogP contribution is 2.25. The number of halogens is 1. The number of rotatable bonds is 4. The second-order valence-corrected chi connectivity index (χ2v) is 7.28. The third-order valence-electron chi connectivity index (χ3n) is 4.79. The monoisotopic (exact) mass is 369 g/mol. The van der Waals surface area contributed by atoms with Crippen molar-refractivity contribution in [1.82, 2.24) is 20.1 Å². The van der Waals surface area contributed by atoms with Crippen LogP contribution in [0.5, 0.6) is 0 Å². The Morgan fingerprint density at radius 1 is 1.00 bits per heavy atom. The standard InChI is InChI=1S/C19H20FN5S/c1-14(19-21-8-13-26-19)24-9-11-25(12-10-24)18-7-6-17(22-23-18)15-2-4-16(20)5-3-15/h2-8,13-14H,9-12H2,1H3. The highest BCUT2D eigenvalue weighted by molar-refractivity contribution is 7.09. The van der Waals surface area contributed by atoms with Crippen LogP contribution in [0.4, 0.5) is 10.2 Å². The summed E-state index contributed by atoms with van der Waals surface area (Å²) in [7, 11) is 0. The van der Waals surface area contributed by atoms with Gasteiger partial charge in [-0.2, -0.15) is 0 Å². The number of aromatic nitrogens is 3. The van der Waals surface area contributed by atoms with Crippen LogP contribution in [0, 0.1) is 5.82 Å². The lowest BCUT2D eigenvalue weighted by molar-refractivity contribution is 0.198. The van der Waals surface area contributed by atoms with Crippen molar-refractivity contribution < 1.29 is 4.39 Å². The second-order valence-electron chi connectivity index (χ2n) is 6.35. The molecule has 134 valence electrons. The number of anilines is 1. The first-order valence-electron chi connectivity index (χ1n) is 8.69. The SMILES string of the molecule is CC(c1nccs1)N1CCN(c2ccc(-c3ccc(F)cc3)nn2)CC1. The Morgan fingerprint density at radius 3 is 2.38 bits per heavy atom. The summed E-state index contributed by atoms with van der Waals surface area (Å²) in [6.07, 6.45) is 1.87. The normalized spacial score (nSPS) is 16.6. The fraction of sp³-hybridized carbons (Fsp3) is 0.316. The van der Waals surface area contributed by atoms with Crippen molar-refractivity contribution in [3.05, 3.63) is 58.8 Å². The summed E-state index contributed by atoms with van der Waals surface area (Å²) < 4.78 is 13.0. The van der Waals surface area contributed by atoms with Gasteiger partial charge in [0.05, 0.1) is 11.7 Å². The van der Waals surface area contributed by atoms with Gasteiger partial charge in [-0.25, -0.2) is 9.37 Å². The molecule has 26 heavy (non-hydrogen) atoms. The van der Waals surface area contributed by atoms with Crippen molar-refractivity contribution in [3.8, 4) is 11.3 Å². The highest BCUT2D eigenvalue weighted by Gasteiger charge is 2.24. The number of thiazole rings is 1. The summed E-state index contributed by atoms with van der Waals surface area (Å²) in [6.45, 7) is 6.00. The average Bonchev–Trinajstić information content (AvgIpc) is 3.23. The van der Waals surface area contributed by atoms with Crippen LogP contribution in [-0.2, 0) is 0 Å². The van der Waals surface area contributed by atoms with Crippen LogP contribution in [0.1, 0.15) is 18.0 Å². The molecule has 1 aromatic carbocycles. The largest absolute Gasteiger partial charge is 0.353 e. The molecule has 0 N–H and O–H groups in total. The fourth-order valence-corrected chi connectivity index (χ4v) is 3.93. The van der Waals surface area contributed by atoms with Crippen molar-refractivity contribution in [3.63, 3.8) is 0 Å². The van der Waals surface area contributed by atoms with Gasteiger partial charge >= 0.3 is 0 Å². The van der Waals surface area contributed by atoms with Crippen molar-refractivity contribution in [1.29, 1.82) is 0 Å². The molecule has 2 aromatic heterocycles. The van der Waals surface area contributed by atoms with Crippen LogP contribution in [0.25, 0.3) is 11.3 Å². The molecule has 0 saturated carbocycles. The number of nitrogens with zero attached hydrogens (tertiary/aromatic N) is 5. The lowest BCUT2D eigenvalue weighted by Gasteiger charge is -2.37. The lowest BCUT2D eigenvalue weighted by atomic mass is 10.1. The van der Waals surface area contributed by atoms with E-state index < -0.39 is 0 Å². The molecule has 0 bridgehead atoms. The van der Waals surface area contributed by atoms with E-state index in [0.29, 0.717) is 6.04 Å². The van der Waals surface area contributed by atoms with Gasteiger partial charge in [-0.05, 0) is 43.3 Å². The summed E-state index contributed by atoms with van der Waals surface area (Å²) in [6, 6.07) is 10.6. The zero-order valence-electron chi connectivity index (χ0n) is 14.5. The van der Waals surface area contributed by atoms with Gasteiger partial charge in [-0.15, -0.1) is 21.5 Å². The number of hydrogen-bond acceptors (Lipinski definition) is 6. The third kappa shape index (κ3) is 3.59. The van der Waals surface area contributed by atoms with Crippen LogP contribution in [0.2, 0.25) is 0 Å². The first kappa shape index (κ1) is 17.1. The molecule has 7 heteroatoms. The van der Waals surface area contributed by atoms with E-state index in [1.54, 1.807) is 23.5 Å². The Labute approximate surface area is 156 Å². The predicted molar refractivity (Wildman–Crippen MR) is 102 cm³/mol. The van der Waals surface area contributed by atoms with E-state index in [-0.39, 0.29) is 5.82 Å². The summed E-state index contributed by atoms with van der Waals surface area (Å²) in [5.74, 6) is 0.639. The van der Waals surface area contributed by atoms with Crippen LogP contribution in [0.15, 0.2) is 48.0 Å². The van der Waals surface area contributed by atoms with E-state index >= 15 is 0 Å². The second kappa shape index (κ2) is 7.47. The van der Waals surface area contributed by atoms with Gasteiger partial charge in [0.1, 0.15) is 10.8 Å². The molecule has 0 radical (unpaired) electrons. The molecule has 1 aliphatic heterocycles. The maximum atomic E-state index is 13.0. The maximum absolute atomic E-state index is 13.0. The lowest BCUT2D eigenvalue weighted by Crippen LogP contribution is -2.47. The topological polar surface area (TPSA) is 45.2 Å². The summed E-state index contributed by atoms with van der Waals surface area (Å²) >= 11 is 1.71. The van der Waals surface area contributed by atoms with Crippen molar-refractivity contribution in [2.24, 2.45) is 0 Å². The Morgan fingerprint density at radius 2 is 1.77 bits per heavy atom. The Kier molecular flexibility index (Phi) is 4.90. The highest BCUT2D eigenvalue weighted by atomic mass is 32.1. The number of piperazine rings is 1. The first-order chi connectivity index (χ1) is 12.7. The molecule has 0 spiro atoms. The third-order valence-corrected chi connectivity index (χ3v) is 5.73. The summed E-state index contributed by atoms with van der Waals surface area (Å²) in [5.41, 5.74) is 1.62. The van der Waals surface area contributed by atoms with Gasteiger partial charge in [0.25, 0.3) is 0 Å². The maximum Gasteiger partial charge on any atom is 0.151 e. The fourth-order valence-electron chi connectivity index (χ4n) is 3.20. The molecule has 3 heterocycles. The van der Waals surface area contributed by atoms with Gasteiger partial charge in [0.2, 0.25) is 0 Å². The van der Waals surface area contributed by atoms with Crippen LogP contribution in [0.3, 0.4) is 0 Å². The zero-order valence-corrected chi connectivity index (χ0v) is 15.4. The van der Waals surface area contributed by atoms with Gasteiger partial charge < -0.3 is 4.90 Å². The molecule has 5 nitrogen and oxygen atoms in total. The van der Waals surface area contributed by atoms with E-state index in [1.165, 1.54) is 17.1 Å². The summed E-state index contributed by atoms with van der Waals surface area (Å²) in [4.78, 5) is 9.14. The van der Waals surface area contributed by atoms with Crippen LogP contribution in [-0.4, -0.2) is 46.3 Å². The molecule has 1 saturated heterocycles. The number of hydrogen-bond donors (Lipinski definition) is 0. The number of benzene rings is 1. The minimum atomic E-state index is -0.247. The Bertz CT molecular complexity index is 827. The smallest absolute Gasteiger partial charge is 0.151 e. The van der Waals surface area contributed by atoms with Crippen molar-refractivity contribution in [2.75, 3.05) is 31.1 Å². The van der Waals surface area contributed by atoms with E-state index in [4.69, 9.17) is 0 Å². The van der Waals surface area contributed by atoms with Gasteiger partial charge in [-0.3, -0.25) is 4.90 Å². The molecule has 1 aliphatic rings. The average molecular weight is 369 g/mol. The van der Waals surface area contributed by atoms with Crippen molar-refractivity contribution >= 4 is 17.2 Å². The quantitative estimate of drug-likeness (QED) is 0.703. The van der Waals surface area contributed by atoms with Crippen LogP contribution >= 0.6 is 11.3 Å². The van der Waals surface area contributed by atoms with E-state index in [9.17, 15) is 4.39 Å². The summed E-state index contributed by atoms with van der Waals surface area (Å²) in [5, 5.41) is 11.9. The first-order valence-corrected chi connectivity index (χ1v) is 9.57. The van der Waals surface area contributed by atoms with E-state index in [0.717, 1.165) is 43.3 Å². The predicted octanol–water partition coefficient (Wildman–Crippen LogP) is 3.62. The Hall–Kier alpha value is -2.38. The molecule has 3 aromatic rings. The zero-order chi connectivity index (χ0) is 17.9. The Balaban J connectivity index is 1.39. The minimum Gasteiger partial charge on any atom is -0.353 e. The molecule has 1 unspecified atom stereocenters. The minimum absolute atomic E-state index is 0.247. The molecule has 1 atom stereocenters. The molecule has 0 aliphatic carbocycles.